The molecule has 1 aromatic carbocycles. The molecule has 0 aromatic heterocycles. The van der Waals surface area contributed by atoms with Crippen LogP contribution in [-0.2, 0) is 9.53 Å². The molecule has 3 heterocycles. The van der Waals surface area contributed by atoms with E-state index in [0.29, 0.717) is 24.2 Å². The van der Waals surface area contributed by atoms with Crippen molar-refractivity contribution in [2.45, 2.75) is 50.9 Å². The molecular formula is C24H34N2O3. The van der Waals surface area contributed by atoms with Crippen LogP contribution in [0.1, 0.15) is 56.4 Å². The highest BCUT2D eigenvalue weighted by Gasteiger charge is 2.34. The van der Waals surface area contributed by atoms with E-state index in [1.807, 2.05) is 0 Å². The van der Waals surface area contributed by atoms with E-state index < -0.39 is 0 Å². The highest BCUT2D eigenvalue weighted by Crippen LogP contribution is 2.37. The first-order chi connectivity index (χ1) is 14.2. The quantitative estimate of drug-likeness (QED) is 0.835. The van der Waals surface area contributed by atoms with E-state index in [1.54, 1.807) is 0 Å². The SMILES string of the molecule is O=C1C[C@@H]2CCN(CC3CC3)C[C@@H]2CCOc2ccc(C3CCOCC3)cc2N1. The third kappa shape index (κ3) is 4.77. The van der Waals surface area contributed by atoms with Crippen LogP contribution in [-0.4, -0.2) is 50.3 Å². The van der Waals surface area contributed by atoms with Crippen molar-refractivity contribution in [1.82, 2.24) is 4.90 Å². The highest BCUT2D eigenvalue weighted by molar-refractivity contribution is 5.92. The number of rotatable bonds is 3. The number of ether oxygens (including phenoxy) is 2. The predicted molar refractivity (Wildman–Crippen MR) is 113 cm³/mol. The molecule has 158 valence electrons. The first kappa shape index (κ1) is 19.4. The Bertz CT molecular complexity index is 727. The number of hydrogen-bond donors (Lipinski definition) is 1. The molecule has 0 spiro atoms. The lowest BCUT2D eigenvalue weighted by molar-refractivity contribution is -0.118. The summed E-state index contributed by atoms with van der Waals surface area (Å²) in [4.78, 5) is 15.5. The summed E-state index contributed by atoms with van der Waals surface area (Å²) in [5.74, 6) is 3.46. The average molecular weight is 399 g/mol. The van der Waals surface area contributed by atoms with Gasteiger partial charge in [0.15, 0.2) is 0 Å². The fraction of sp³-hybridized carbons (Fsp3) is 0.708. The molecule has 1 aromatic rings. The Kier molecular flexibility index (Phi) is 5.78. The van der Waals surface area contributed by atoms with Crippen molar-refractivity contribution in [1.29, 1.82) is 0 Å². The van der Waals surface area contributed by atoms with Crippen LogP contribution in [0.2, 0.25) is 0 Å². The molecule has 1 saturated carbocycles. The fourth-order valence-electron chi connectivity index (χ4n) is 5.40. The minimum atomic E-state index is 0.145. The maximum Gasteiger partial charge on any atom is 0.224 e. The summed E-state index contributed by atoms with van der Waals surface area (Å²) in [5, 5.41) is 3.19. The van der Waals surface area contributed by atoms with Gasteiger partial charge in [0.2, 0.25) is 5.91 Å². The normalized spacial score (nSPS) is 29.3. The summed E-state index contributed by atoms with van der Waals surface area (Å²) >= 11 is 0. The van der Waals surface area contributed by atoms with Crippen molar-refractivity contribution in [2.75, 3.05) is 44.8 Å². The highest BCUT2D eigenvalue weighted by atomic mass is 16.5. The lowest BCUT2D eigenvalue weighted by Gasteiger charge is -2.39. The summed E-state index contributed by atoms with van der Waals surface area (Å²) in [6.07, 6.45) is 7.73. The number of carbonyl (C=O) groups is 1. The summed E-state index contributed by atoms with van der Waals surface area (Å²) in [7, 11) is 0. The Labute approximate surface area is 174 Å². The lowest BCUT2D eigenvalue weighted by Crippen LogP contribution is -2.43. The number of nitrogens with zero attached hydrogens (tertiary/aromatic N) is 1. The van der Waals surface area contributed by atoms with Crippen molar-refractivity contribution >= 4 is 11.6 Å². The second-order valence-corrected chi connectivity index (χ2v) is 9.54. The van der Waals surface area contributed by atoms with Gasteiger partial charge in [-0.05, 0) is 86.4 Å². The van der Waals surface area contributed by atoms with E-state index in [4.69, 9.17) is 9.47 Å². The largest absolute Gasteiger partial charge is 0.491 e. The van der Waals surface area contributed by atoms with Crippen LogP contribution < -0.4 is 10.1 Å². The zero-order valence-corrected chi connectivity index (χ0v) is 17.4. The molecule has 4 aliphatic rings. The molecule has 1 aliphatic carbocycles. The molecule has 5 rings (SSSR count). The van der Waals surface area contributed by atoms with Crippen molar-refractivity contribution in [3.05, 3.63) is 23.8 Å². The summed E-state index contributed by atoms with van der Waals surface area (Å²) < 4.78 is 11.7. The lowest BCUT2D eigenvalue weighted by atomic mass is 9.81. The number of amides is 1. The Hall–Kier alpha value is -1.59. The third-order valence-electron chi connectivity index (χ3n) is 7.35. The number of nitrogens with one attached hydrogen (secondary N) is 1. The van der Waals surface area contributed by atoms with Crippen molar-refractivity contribution in [3.8, 4) is 5.75 Å². The van der Waals surface area contributed by atoms with Crippen LogP contribution in [0.25, 0.3) is 0 Å². The van der Waals surface area contributed by atoms with Crippen LogP contribution in [0, 0.1) is 17.8 Å². The van der Waals surface area contributed by atoms with E-state index in [0.717, 1.165) is 75.9 Å². The van der Waals surface area contributed by atoms with Gasteiger partial charge in [-0.3, -0.25) is 4.79 Å². The molecule has 5 nitrogen and oxygen atoms in total. The second kappa shape index (κ2) is 8.65. The molecule has 3 aliphatic heterocycles. The van der Waals surface area contributed by atoms with Crippen molar-refractivity contribution in [2.24, 2.45) is 17.8 Å². The Morgan fingerprint density at radius 3 is 2.69 bits per heavy atom. The minimum absolute atomic E-state index is 0.145. The van der Waals surface area contributed by atoms with Crippen LogP contribution in [0.3, 0.4) is 0 Å². The maximum atomic E-state index is 12.9. The van der Waals surface area contributed by atoms with E-state index >= 15 is 0 Å². The molecule has 1 N–H and O–H groups in total. The van der Waals surface area contributed by atoms with Gasteiger partial charge in [-0.2, -0.15) is 0 Å². The van der Waals surface area contributed by atoms with Gasteiger partial charge < -0.3 is 19.7 Å². The third-order valence-corrected chi connectivity index (χ3v) is 7.35. The fourth-order valence-corrected chi connectivity index (χ4v) is 5.40. The molecule has 1 amide bonds. The van der Waals surface area contributed by atoms with E-state index in [9.17, 15) is 4.79 Å². The van der Waals surface area contributed by atoms with Gasteiger partial charge in [-0.15, -0.1) is 0 Å². The molecular weight excluding hydrogens is 364 g/mol. The van der Waals surface area contributed by atoms with Gasteiger partial charge in [0.25, 0.3) is 0 Å². The van der Waals surface area contributed by atoms with Gasteiger partial charge in [0.1, 0.15) is 5.75 Å². The van der Waals surface area contributed by atoms with Gasteiger partial charge >= 0.3 is 0 Å². The van der Waals surface area contributed by atoms with E-state index in [-0.39, 0.29) is 5.91 Å². The number of benzene rings is 1. The maximum absolute atomic E-state index is 12.9. The Balaban J connectivity index is 1.29. The molecule has 2 saturated heterocycles. The van der Waals surface area contributed by atoms with Crippen LogP contribution in [0.4, 0.5) is 5.69 Å². The van der Waals surface area contributed by atoms with Gasteiger partial charge in [-0.25, -0.2) is 0 Å². The molecule has 3 fully saturated rings. The number of carbonyl (C=O) groups excluding carboxylic acids is 1. The first-order valence-corrected chi connectivity index (χ1v) is 11.6. The van der Waals surface area contributed by atoms with E-state index in [1.165, 1.54) is 24.9 Å². The second-order valence-electron chi connectivity index (χ2n) is 9.54. The number of piperidine rings is 1. The monoisotopic (exact) mass is 398 g/mol. The number of likely N-dealkylation sites (tertiary alicyclic amines) is 1. The predicted octanol–water partition coefficient (Wildman–Crippen LogP) is 4.04. The van der Waals surface area contributed by atoms with Crippen molar-refractivity contribution < 1.29 is 14.3 Å². The van der Waals surface area contributed by atoms with Crippen LogP contribution in [0.15, 0.2) is 18.2 Å². The number of hydrogen-bond acceptors (Lipinski definition) is 4. The van der Waals surface area contributed by atoms with Gasteiger partial charge in [0, 0.05) is 32.7 Å². The zero-order chi connectivity index (χ0) is 19.6. The number of anilines is 1. The van der Waals surface area contributed by atoms with Gasteiger partial charge in [0.05, 0.1) is 12.3 Å². The first-order valence-electron chi connectivity index (χ1n) is 11.6. The topological polar surface area (TPSA) is 50.8 Å². The summed E-state index contributed by atoms with van der Waals surface area (Å²) in [6, 6.07) is 6.37. The summed E-state index contributed by atoms with van der Waals surface area (Å²) in [5.41, 5.74) is 2.14. The Morgan fingerprint density at radius 2 is 1.86 bits per heavy atom. The van der Waals surface area contributed by atoms with Crippen LogP contribution >= 0.6 is 0 Å². The molecule has 2 atom stereocenters. The van der Waals surface area contributed by atoms with Crippen molar-refractivity contribution in [3.63, 3.8) is 0 Å². The molecule has 29 heavy (non-hydrogen) atoms. The smallest absolute Gasteiger partial charge is 0.224 e. The number of fused-ring (bicyclic) bond motifs is 2. The molecule has 0 bridgehead atoms. The van der Waals surface area contributed by atoms with E-state index in [2.05, 4.69) is 28.4 Å². The Morgan fingerprint density at radius 1 is 1.00 bits per heavy atom. The minimum Gasteiger partial charge on any atom is -0.491 e. The molecule has 5 heteroatoms. The zero-order valence-electron chi connectivity index (χ0n) is 17.4. The molecule has 0 radical (unpaired) electrons. The van der Waals surface area contributed by atoms with Gasteiger partial charge in [-0.1, -0.05) is 6.07 Å². The van der Waals surface area contributed by atoms with Crippen LogP contribution in [0.5, 0.6) is 5.75 Å². The molecule has 0 unspecified atom stereocenters. The average Bonchev–Trinajstić information content (AvgIpc) is 3.55. The summed E-state index contributed by atoms with van der Waals surface area (Å²) in [6.45, 7) is 5.92. The standard InChI is InChI=1S/C24H34N2O3/c27-24-14-20-5-9-26(15-17-1-2-17)16-21(20)8-12-29-23-4-3-19(13-22(23)25-24)18-6-10-28-11-7-18/h3-4,13,17-18,20-21H,1-2,5-12,14-16H2,(H,25,27)/t20-,21-/m0/s1.